The van der Waals surface area contributed by atoms with Gasteiger partial charge < -0.3 is 51.0 Å². The van der Waals surface area contributed by atoms with Crippen molar-refractivity contribution in [1.82, 2.24) is 40.4 Å². The first-order valence-corrected chi connectivity index (χ1v) is 19.9. The van der Waals surface area contributed by atoms with Crippen LogP contribution in [0.25, 0.3) is 11.2 Å². The highest BCUT2D eigenvalue weighted by atomic mass is 35.5. The van der Waals surface area contributed by atoms with E-state index in [1.165, 1.54) is 10.9 Å². The second-order valence-corrected chi connectivity index (χ2v) is 15.9. The first kappa shape index (κ1) is 41.7. The van der Waals surface area contributed by atoms with Gasteiger partial charge >= 0.3 is 18.1 Å². The summed E-state index contributed by atoms with van der Waals surface area (Å²) >= 11 is 12.4. The zero-order valence-electron chi connectivity index (χ0n) is 31.5. The van der Waals surface area contributed by atoms with Crippen molar-refractivity contribution in [3.63, 3.8) is 0 Å². The number of hydrogen-bond donors (Lipinski definition) is 7. The molecule has 1 saturated carbocycles. The molecular weight excluding hydrogens is 804 g/mol. The summed E-state index contributed by atoms with van der Waals surface area (Å²) in [5.41, 5.74) is -0.270. The molecule has 0 bridgehead atoms. The minimum atomic E-state index is -5.18. The molecule has 0 spiro atoms. The molecule has 312 valence electrons. The van der Waals surface area contributed by atoms with Crippen LogP contribution in [-0.4, -0.2) is 127 Å². The maximum atomic E-state index is 13.7. The van der Waals surface area contributed by atoms with Gasteiger partial charge in [0.15, 0.2) is 17.0 Å². The molecule has 2 aliphatic heterocycles. The van der Waals surface area contributed by atoms with Crippen LogP contribution in [0.2, 0.25) is 10.0 Å². The number of nitrogens with one attached hydrogen (secondary N) is 4. The smallest absolute Gasteiger partial charge is 0.388 e. The molecule has 2 aromatic heterocycles. The number of alkyl halides is 3. The molecule has 1 unspecified atom stereocenters. The molecule has 2 saturated heterocycles. The molecule has 4 aromatic rings. The van der Waals surface area contributed by atoms with E-state index in [9.17, 15) is 38.1 Å². The van der Waals surface area contributed by atoms with E-state index < -0.39 is 42.0 Å². The summed E-state index contributed by atoms with van der Waals surface area (Å²) in [7, 11) is 0. The largest absolute Gasteiger partial charge is 0.471 e. The van der Waals surface area contributed by atoms with Gasteiger partial charge in [0, 0.05) is 48.3 Å². The number of hydrogen-bond acceptors (Lipinski definition) is 11. The Kier molecular flexibility index (Phi) is 12.2. The Hall–Kier alpha value is -4.46. The Labute approximate surface area is 341 Å². The molecule has 1 aliphatic carbocycles. The number of rotatable bonds is 12. The predicted octanol–water partition coefficient (Wildman–Crippen LogP) is 3.56. The molecule has 2 aromatic carbocycles. The second kappa shape index (κ2) is 17.0. The van der Waals surface area contributed by atoms with E-state index in [4.69, 9.17) is 33.2 Å². The summed E-state index contributed by atoms with van der Waals surface area (Å²) in [4.78, 5) is 42.0. The topological polar surface area (TPSA) is 193 Å². The molecule has 15 nitrogen and oxygen atoms in total. The third-order valence-corrected chi connectivity index (χ3v) is 11.6. The van der Waals surface area contributed by atoms with Crippen molar-refractivity contribution in [3.8, 4) is 0 Å². The number of carbonyl (C=O) groups excluding carboxylic acids is 2. The van der Waals surface area contributed by atoms with Crippen LogP contribution in [0.3, 0.4) is 0 Å². The van der Waals surface area contributed by atoms with E-state index >= 15 is 0 Å². The number of imidazole rings is 1. The Bertz CT molecular complexity index is 2040. The number of anilines is 2. The number of carbonyl (C=O) groups is 2. The van der Waals surface area contributed by atoms with Crippen LogP contribution in [0.5, 0.6) is 0 Å². The lowest BCUT2D eigenvalue weighted by Crippen LogP contribution is -2.51. The van der Waals surface area contributed by atoms with E-state index in [-0.39, 0.29) is 67.0 Å². The van der Waals surface area contributed by atoms with E-state index in [0.29, 0.717) is 52.1 Å². The van der Waals surface area contributed by atoms with Gasteiger partial charge in [-0.3, -0.25) is 4.79 Å². The van der Waals surface area contributed by atoms with Crippen LogP contribution in [0.15, 0.2) is 54.9 Å². The number of aliphatic hydroxyl groups is 3. The molecule has 20 heteroatoms. The molecule has 0 radical (unpaired) electrons. The fourth-order valence-electron chi connectivity index (χ4n) is 8.09. The van der Waals surface area contributed by atoms with E-state index in [1.807, 2.05) is 4.90 Å². The van der Waals surface area contributed by atoms with Crippen LogP contribution < -0.4 is 26.2 Å². The number of halogens is 5. The van der Waals surface area contributed by atoms with Crippen molar-refractivity contribution < 1.29 is 38.1 Å². The maximum Gasteiger partial charge on any atom is 0.471 e. The molecule has 3 amide bonds. The molecular formula is C38H45Cl2F3N10O5. The van der Waals surface area contributed by atoms with Crippen molar-refractivity contribution in [2.24, 2.45) is 0 Å². The zero-order chi connectivity index (χ0) is 41.4. The van der Waals surface area contributed by atoms with Gasteiger partial charge in [0.05, 0.1) is 25.0 Å². The minimum Gasteiger partial charge on any atom is -0.388 e. The molecule has 7 N–H and O–H groups in total. The number of amides is 3. The van der Waals surface area contributed by atoms with E-state index in [0.717, 1.165) is 13.0 Å². The van der Waals surface area contributed by atoms with Crippen LogP contribution in [0.1, 0.15) is 49.8 Å². The molecule has 3 fully saturated rings. The fraction of sp³-hybridized carbons (Fsp3) is 0.500. The van der Waals surface area contributed by atoms with E-state index in [1.54, 1.807) is 55.5 Å². The number of aromatic nitrogens is 4. The first-order chi connectivity index (χ1) is 27.7. The lowest BCUT2D eigenvalue weighted by molar-refractivity contribution is -0.190. The normalized spacial score (nSPS) is 23.7. The summed E-state index contributed by atoms with van der Waals surface area (Å²) < 4.78 is 42.5. The SMILES string of the molecule is CCCN(C(=O)C(F)(F)F)[C@H]1C[C@@H](n2cnc3c(NCC(O)(c4ccc(Cl)cc4)c4ccc(Cl)cc4)nc(N4CC[C@@H](NC(=O)NC5CCNC5)C4)nc32)[C@H](O)[C@@H]1O. The van der Waals surface area contributed by atoms with Gasteiger partial charge in [-0.15, -0.1) is 0 Å². The number of benzene rings is 2. The minimum absolute atomic E-state index is 0.0289. The maximum absolute atomic E-state index is 13.7. The molecule has 7 rings (SSSR count). The van der Waals surface area contributed by atoms with Gasteiger partial charge in [0.25, 0.3) is 0 Å². The Morgan fingerprint density at radius 1 is 0.966 bits per heavy atom. The molecule has 4 heterocycles. The fourth-order valence-corrected chi connectivity index (χ4v) is 8.34. The van der Waals surface area contributed by atoms with E-state index in [2.05, 4.69) is 26.3 Å². The van der Waals surface area contributed by atoms with Crippen molar-refractivity contribution in [3.05, 3.63) is 76.0 Å². The lowest BCUT2D eigenvalue weighted by Gasteiger charge is -2.31. The summed E-state index contributed by atoms with van der Waals surface area (Å²) in [6, 6.07) is 10.5. The van der Waals surface area contributed by atoms with Crippen LogP contribution in [-0.2, 0) is 10.4 Å². The Balaban J connectivity index is 1.23. The third-order valence-electron chi connectivity index (χ3n) is 11.1. The summed E-state index contributed by atoms with van der Waals surface area (Å²) in [6.45, 7) is 3.49. The molecule has 58 heavy (non-hydrogen) atoms. The number of aliphatic hydroxyl groups excluding tert-OH is 2. The highest BCUT2D eigenvalue weighted by Gasteiger charge is 2.52. The van der Waals surface area contributed by atoms with Crippen molar-refractivity contribution in [1.29, 1.82) is 0 Å². The van der Waals surface area contributed by atoms with Gasteiger partial charge in [-0.25, -0.2) is 9.78 Å². The molecule has 6 atom stereocenters. The van der Waals surface area contributed by atoms with Gasteiger partial charge in [0.1, 0.15) is 17.8 Å². The van der Waals surface area contributed by atoms with Gasteiger partial charge in [-0.2, -0.15) is 23.1 Å². The quantitative estimate of drug-likeness (QED) is 0.110. The first-order valence-electron chi connectivity index (χ1n) is 19.2. The summed E-state index contributed by atoms with van der Waals surface area (Å²) in [5.74, 6) is -1.70. The Morgan fingerprint density at radius 2 is 1.62 bits per heavy atom. The zero-order valence-corrected chi connectivity index (χ0v) is 33.0. The molecule has 3 aliphatic rings. The van der Waals surface area contributed by atoms with Gasteiger partial charge in [-0.1, -0.05) is 54.4 Å². The van der Waals surface area contributed by atoms with Crippen LogP contribution in [0.4, 0.5) is 29.7 Å². The van der Waals surface area contributed by atoms with Crippen LogP contribution in [0, 0.1) is 0 Å². The average molecular weight is 850 g/mol. The third kappa shape index (κ3) is 8.63. The second-order valence-electron chi connectivity index (χ2n) is 15.0. The van der Waals surface area contributed by atoms with Gasteiger partial charge in [0.2, 0.25) is 5.95 Å². The number of urea groups is 1. The highest BCUT2D eigenvalue weighted by molar-refractivity contribution is 6.30. The lowest BCUT2D eigenvalue weighted by atomic mass is 9.86. The summed E-state index contributed by atoms with van der Waals surface area (Å²) in [5, 5.41) is 48.3. The van der Waals surface area contributed by atoms with Crippen molar-refractivity contribution >= 4 is 58.1 Å². The Morgan fingerprint density at radius 3 is 2.22 bits per heavy atom. The average Bonchev–Trinajstić information content (AvgIpc) is 4.02. The van der Waals surface area contributed by atoms with Crippen molar-refractivity contribution in [2.45, 2.75) is 80.8 Å². The van der Waals surface area contributed by atoms with Crippen LogP contribution >= 0.6 is 23.2 Å². The number of nitrogens with zero attached hydrogens (tertiary/aromatic N) is 6. The van der Waals surface area contributed by atoms with Crippen molar-refractivity contribution in [2.75, 3.05) is 49.5 Å². The standard InChI is InChI=1S/C38H45Cl2F3N10O5/c1-2-14-52(34(56)38(41,42)43)27-16-28(31(55)30(27)54)53-20-46-29-32(45-19-37(58,21-3-7-23(39)8-4-21)22-5-9-24(40)10-6-22)49-35(50-33(29)53)51-15-12-26(18-51)48-36(57)47-25-11-13-44-17-25/h3-10,20,25-28,30-31,44,54-55,58H,2,11-19H2,1H3,(H,45,49,50)(H2,47,48,57)/t25?,26-,27+,28-,30-,31+/m1/s1. The predicted molar refractivity (Wildman–Crippen MR) is 211 cm³/mol. The van der Waals surface area contributed by atoms with Gasteiger partial charge in [-0.05, 0) is 67.6 Å². The summed E-state index contributed by atoms with van der Waals surface area (Å²) in [6.07, 6.45) is -5.76. The number of fused-ring (bicyclic) bond motifs is 1. The highest BCUT2D eigenvalue weighted by Crippen LogP contribution is 2.39. The monoisotopic (exact) mass is 848 g/mol.